The third-order valence-corrected chi connectivity index (χ3v) is 10.3. The Kier molecular flexibility index (Phi) is 42.8. The van der Waals surface area contributed by atoms with Gasteiger partial charge in [0.15, 0.2) is 0 Å². The Balaban J connectivity index is 3.58. The highest BCUT2D eigenvalue weighted by Crippen LogP contribution is 2.13. The molecule has 320 valence electrons. The van der Waals surface area contributed by atoms with Gasteiger partial charge in [-0.3, -0.25) is 9.59 Å². The molecule has 0 aliphatic rings. The van der Waals surface area contributed by atoms with Gasteiger partial charge in [0, 0.05) is 12.8 Å². The molecule has 0 rings (SSSR count). The Morgan fingerprint density at radius 1 is 0.509 bits per heavy atom. The van der Waals surface area contributed by atoms with Gasteiger partial charge >= 0.3 is 5.97 Å². The lowest BCUT2D eigenvalue weighted by Crippen LogP contribution is -2.45. The predicted octanol–water partition coefficient (Wildman–Crippen LogP) is 13.5. The van der Waals surface area contributed by atoms with Crippen LogP contribution in [0.3, 0.4) is 0 Å². The van der Waals surface area contributed by atoms with Crippen molar-refractivity contribution in [2.24, 2.45) is 0 Å². The maximum absolute atomic E-state index is 12.4. The summed E-state index contributed by atoms with van der Waals surface area (Å²) >= 11 is 0. The molecular formula is C49H89NO5. The van der Waals surface area contributed by atoms with Gasteiger partial charge in [-0.15, -0.1) is 0 Å². The molecule has 6 heteroatoms. The second-order valence-corrected chi connectivity index (χ2v) is 15.7. The quantitative estimate of drug-likeness (QED) is 0.0326. The number of carbonyl (C=O) groups is 2. The number of rotatable bonds is 42. The number of ether oxygens (including phenoxy) is 1. The van der Waals surface area contributed by atoms with E-state index in [0.29, 0.717) is 19.4 Å². The number of esters is 1. The second kappa shape index (κ2) is 44.5. The fourth-order valence-corrected chi connectivity index (χ4v) is 6.65. The molecule has 55 heavy (non-hydrogen) atoms. The SMILES string of the molecule is CCCCC/C=C\C/C=C\CCCCCCCC(=O)OCCCC/C=C\CCCCCCCC(=O)NC(CO)C(O)/C=C/CCCCCCCCCCCC. The van der Waals surface area contributed by atoms with Crippen LogP contribution in [-0.2, 0) is 14.3 Å². The summed E-state index contributed by atoms with van der Waals surface area (Å²) in [5.74, 6) is -0.150. The van der Waals surface area contributed by atoms with Gasteiger partial charge in [-0.25, -0.2) is 0 Å². The maximum atomic E-state index is 12.4. The molecule has 0 aliphatic carbocycles. The van der Waals surface area contributed by atoms with Gasteiger partial charge in [0.25, 0.3) is 0 Å². The molecule has 2 atom stereocenters. The van der Waals surface area contributed by atoms with E-state index in [4.69, 9.17) is 4.74 Å². The highest BCUT2D eigenvalue weighted by atomic mass is 16.5. The molecule has 0 spiro atoms. The summed E-state index contributed by atoms with van der Waals surface area (Å²) in [6.07, 6.45) is 53.8. The number of allylic oxidation sites excluding steroid dienone is 7. The van der Waals surface area contributed by atoms with Crippen molar-refractivity contribution in [3.63, 3.8) is 0 Å². The second-order valence-electron chi connectivity index (χ2n) is 15.7. The summed E-state index contributed by atoms with van der Waals surface area (Å²) in [5, 5.41) is 22.9. The Labute approximate surface area is 340 Å². The van der Waals surface area contributed by atoms with Crippen LogP contribution >= 0.6 is 0 Å². The zero-order chi connectivity index (χ0) is 40.1. The van der Waals surface area contributed by atoms with Crippen LogP contribution < -0.4 is 5.32 Å². The predicted molar refractivity (Wildman–Crippen MR) is 236 cm³/mol. The minimum atomic E-state index is -0.863. The topological polar surface area (TPSA) is 95.9 Å². The zero-order valence-corrected chi connectivity index (χ0v) is 36.1. The molecule has 0 aromatic carbocycles. The van der Waals surface area contributed by atoms with Gasteiger partial charge in [-0.2, -0.15) is 0 Å². The summed E-state index contributed by atoms with van der Waals surface area (Å²) in [6.45, 7) is 4.76. The van der Waals surface area contributed by atoms with Crippen molar-refractivity contribution in [2.45, 2.75) is 238 Å². The number of aliphatic hydroxyl groups excluding tert-OH is 2. The average molecular weight is 772 g/mol. The average Bonchev–Trinajstić information content (AvgIpc) is 3.18. The number of hydrogen-bond donors (Lipinski definition) is 3. The van der Waals surface area contributed by atoms with E-state index in [1.807, 2.05) is 6.08 Å². The Morgan fingerprint density at radius 2 is 0.909 bits per heavy atom. The van der Waals surface area contributed by atoms with Gasteiger partial charge in [-0.1, -0.05) is 172 Å². The fraction of sp³-hybridized carbons (Fsp3) is 0.796. The monoisotopic (exact) mass is 772 g/mol. The number of nitrogens with one attached hydrogen (secondary N) is 1. The lowest BCUT2D eigenvalue weighted by molar-refractivity contribution is -0.143. The number of amides is 1. The normalized spacial score (nSPS) is 13.2. The molecule has 0 bridgehead atoms. The first kappa shape index (κ1) is 52.8. The first-order valence-electron chi connectivity index (χ1n) is 23.4. The molecule has 0 saturated heterocycles. The van der Waals surface area contributed by atoms with E-state index in [0.717, 1.165) is 96.3 Å². The summed E-state index contributed by atoms with van der Waals surface area (Å²) in [5.41, 5.74) is 0. The zero-order valence-electron chi connectivity index (χ0n) is 36.1. The summed E-state index contributed by atoms with van der Waals surface area (Å²) in [4.78, 5) is 24.4. The van der Waals surface area contributed by atoms with Crippen molar-refractivity contribution in [3.05, 3.63) is 48.6 Å². The van der Waals surface area contributed by atoms with Crippen molar-refractivity contribution >= 4 is 11.9 Å². The van der Waals surface area contributed by atoms with E-state index in [1.54, 1.807) is 6.08 Å². The van der Waals surface area contributed by atoms with Crippen molar-refractivity contribution in [3.8, 4) is 0 Å². The van der Waals surface area contributed by atoms with Crippen LogP contribution in [0.1, 0.15) is 226 Å². The van der Waals surface area contributed by atoms with Gasteiger partial charge in [-0.05, 0) is 89.9 Å². The van der Waals surface area contributed by atoms with Gasteiger partial charge < -0.3 is 20.3 Å². The van der Waals surface area contributed by atoms with E-state index in [-0.39, 0.29) is 18.5 Å². The summed E-state index contributed by atoms with van der Waals surface area (Å²) in [6, 6.07) is -0.649. The third-order valence-electron chi connectivity index (χ3n) is 10.3. The van der Waals surface area contributed by atoms with E-state index in [9.17, 15) is 19.8 Å². The highest BCUT2D eigenvalue weighted by molar-refractivity contribution is 5.76. The minimum absolute atomic E-state index is 0.0485. The molecule has 0 radical (unpaired) electrons. The Hall–Kier alpha value is -2.18. The van der Waals surface area contributed by atoms with Crippen LogP contribution in [0, 0.1) is 0 Å². The van der Waals surface area contributed by atoms with Crippen LogP contribution in [0.25, 0.3) is 0 Å². The van der Waals surface area contributed by atoms with Gasteiger partial charge in [0.2, 0.25) is 5.91 Å². The fourth-order valence-electron chi connectivity index (χ4n) is 6.65. The molecule has 6 nitrogen and oxygen atoms in total. The van der Waals surface area contributed by atoms with Crippen molar-refractivity contribution < 1.29 is 24.5 Å². The highest BCUT2D eigenvalue weighted by Gasteiger charge is 2.18. The van der Waals surface area contributed by atoms with Gasteiger partial charge in [0.05, 0.1) is 25.4 Å². The summed E-state index contributed by atoms with van der Waals surface area (Å²) < 4.78 is 5.42. The van der Waals surface area contributed by atoms with Crippen LogP contribution in [0.5, 0.6) is 0 Å². The first-order chi connectivity index (χ1) is 27.0. The van der Waals surface area contributed by atoms with Gasteiger partial charge in [0.1, 0.15) is 0 Å². The first-order valence-corrected chi connectivity index (χ1v) is 23.4. The number of aliphatic hydroxyl groups is 2. The lowest BCUT2D eigenvalue weighted by Gasteiger charge is -2.20. The van der Waals surface area contributed by atoms with Crippen molar-refractivity contribution in [2.75, 3.05) is 13.2 Å². The van der Waals surface area contributed by atoms with E-state index >= 15 is 0 Å². The number of hydrogen-bond acceptors (Lipinski definition) is 5. The van der Waals surface area contributed by atoms with E-state index in [2.05, 4.69) is 55.6 Å². The van der Waals surface area contributed by atoms with Crippen molar-refractivity contribution in [1.82, 2.24) is 5.32 Å². The Morgan fingerprint density at radius 3 is 1.44 bits per heavy atom. The molecule has 2 unspecified atom stereocenters. The molecular weight excluding hydrogens is 683 g/mol. The lowest BCUT2D eigenvalue weighted by atomic mass is 10.1. The standard InChI is InChI=1S/C49H89NO5/c1-3-5-7-9-11-13-15-17-18-19-23-27-31-35-39-43-49(54)55-44-40-36-32-28-24-20-22-26-30-34-38-42-48(53)50-46(45-51)47(52)41-37-33-29-25-21-16-14-12-10-8-6-4-2/h11,13,17-18,24,28,37,41,46-47,51-52H,3-10,12,14-16,19-23,25-27,29-36,38-40,42-45H2,1-2H3,(H,50,53)/b13-11-,18-17-,28-24-,41-37+. The van der Waals surface area contributed by atoms with E-state index in [1.165, 1.54) is 103 Å². The van der Waals surface area contributed by atoms with Crippen LogP contribution in [0.4, 0.5) is 0 Å². The molecule has 0 aromatic rings. The van der Waals surface area contributed by atoms with Crippen molar-refractivity contribution in [1.29, 1.82) is 0 Å². The maximum Gasteiger partial charge on any atom is 0.305 e. The minimum Gasteiger partial charge on any atom is -0.466 e. The molecule has 1 amide bonds. The number of unbranched alkanes of at least 4 members (excludes halogenated alkanes) is 25. The molecule has 0 heterocycles. The van der Waals surface area contributed by atoms with Crippen LogP contribution in [-0.4, -0.2) is 47.4 Å². The van der Waals surface area contributed by atoms with Crippen LogP contribution in [0.2, 0.25) is 0 Å². The molecule has 0 fully saturated rings. The van der Waals surface area contributed by atoms with Crippen LogP contribution in [0.15, 0.2) is 48.6 Å². The number of carbonyl (C=O) groups excluding carboxylic acids is 2. The summed E-state index contributed by atoms with van der Waals surface area (Å²) in [7, 11) is 0. The Bertz CT molecular complexity index is 942. The molecule has 0 aliphatic heterocycles. The smallest absolute Gasteiger partial charge is 0.305 e. The molecule has 0 aromatic heterocycles. The van der Waals surface area contributed by atoms with E-state index < -0.39 is 12.1 Å². The molecule has 3 N–H and O–H groups in total. The largest absolute Gasteiger partial charge is 0.466 e. The molecule has 0 saturated carbocycles. The third kappa shape index (κ3) is 41.3.